The van der Waals surface area contributed by atoms with Gasteiger partial charge in [0.05, 0.1) is 0 Å². The molecule has 0 saturated heterocycles. The molecule has 1 aromatic rings. The maximum Gasteiger partial charge on any atom is 1.00 e. The largest absolute Gasteiger partial charge is 1.00 e. The minimum absolute atomic E-state index is 0. The zero-order valence-corrected chi connectivity index (χ0v) is 11.6. The van der Waals surface area contributed by atoms with E-state index >= 15 is 0 Å². The summed E-state index contributed by atoms with van der Waals surface area (Å²) >= 11 is 0. The summed E-state index contributed by atoms with van der Waals surface area (Å²) in [4.78, 5) is 0. The van der Waals surface area contributed by atoms with Crippen molar-refractivity contribution in [2.75, 3.05) is 0 Å². The molecule has 0 spiro atoms. The van der Waals surface area contributed by atoms with E-state index in [1.807, 2.05) is 0 Å². The van der Waals surface area contributed by atoms with Crippen LogP contribution in [0.1, 0.15) is 11.1 Å². The van der Waals surface area contributed by atoms with Crippen LogP contribution in [0.5, 0.6) is 0 Å². The van der Waals surface area contributed by atoms with E-state index in [1.165, 1.54) is 25.1 Å². The Morgan fingerprint density at radius 3 is 2.33 bits per heavy atom. The standard InChI is InChI=1S/C9H8BF4.K/c1-7-8(3-2-4-9(7)11)5-6-10(12,13)14;/h2-6H,1H3;/q-1;+1/b6-5+;. The maximum absolute atomic E-state index is 12.9. The molecule has 0 N–H and O–H groups in total. The number of halogens is 4. The molecule has 76 valence electrons. The average molecular weight is 242 g/mol. The second-order valence-electron chi connectivity index (χ2n) is 2.94. The summed E-state index contributed by atoms with van der Waals surface area (Å²) in [6, 6.07) is 4.04. The maximum atomic E-state index is 12.9. The molecule has 0 aliphatic rings. The smallest absolute Gasteiger partial charge is 0.445 e. The van der Waals surface area contributed by atoms with Crippen molar-refractivity contribution in [1.29, 1.82) is 0 Å². The van der Waals surface area contributed by atoms with E-state index in [9.17, 15) is 17.3 Å². The van der Waals surface area contributed by atoms with Crippen LogP contribution in [0.3, 0.4) is 0 Å². The molecule has 1 rings (SSSR count). The van der Waals surface area contributed by atoms with Crippen molar-refractivity contribution in [3.63, 3.8) is 0 Å². The van der Waals surface area contributed by atoms with Gasteiger partial charge >= 0.3 is 58.4 Å². The SMILES string of the molecule is Cc1c(F)cccc1/C=C/[B-](F)(F)F.[K+]. The normalized spacial score (nSPS) is 11.5. The number of hydrogen-bond donors (Lipinski definition) is 0. The molecule has 1 aromatic carbocycles. The van der Waals surface area contributed by atoms with Gasteiger partial charge in [-0.1, -0.05) is 18.2 Å². The summed E-state index contributed by atoms with van der Waals surface area (Å²) in [6.45, 7) is -3.51. The number of hydrogen-bond acceptors (Lipinski definition) is 0. The van der Waals surface area contributed by atoms with Crippen LogP contribution in [0, 0.1) is 12.7 Å². The third-order valence-electron chi connectivity index (χ3n) is 1.80. The van der Waals surface area contributed by atoms with Crippen LogP contribution in [0.15, 0.2) is 24.2 Å². The molecule has 0 unspecified atom stereocenters. The van der Waals surface area contributed by atoms with Crippen molar-refractivity contribution in [1.82, 2.24) is 0 Å². The molecule has 0 heterocycles. The zero-order chi connectivity index (χ0) is 10.8. The van der Waals surface area contributed by atoms with E-state index < -0.39 is 12.8 Å². The van der Waals surface area contributed by atoms with E-state index in [4.69, 9.17) is 0 Å². The minimum Gasteiger partial charge on any atom is -0.445 e. The van der Waals surface area contributed by atoms with E-state index in [0.717, 1.165) is 6.08 Å². The van der Waals surface area contributed by atoms with Crippen LogP contribution in [-0.4, -0.2) is 6.98 Å². The molecule has 0 bridgehead atoms. The molecule has 0 aromatic heterocycles. The summed E-state index contributed by atoms with van der Waals surface area (Å²) in [5.74, 6) is -0.344. The summed E-state index contributed by atoms with van der Waals surface area (Å²) < 4.78 is 48.5. The molecule has 0 radical (unpaired) electrons. The fourth-order valence-corrected chi connectivity index (χ4v) is 1.02. The van der Waals surface area contributed by atoms with Crippen molar-refractivity contribution in [3.8, 4) is 0 Å². The first-order valence-electron chi connectivity index (χ1n) is 4.04. The first-order chi connectivity index (χ1) is 6.40. The first-order valence-corrected chi connectivity index (χ1v) is 4.04. The van der Waals surface area contributed by atoms with Gasteiger partial charge < -0.3 is 12.9 Å². The van der Waals surface area contributed by atoms with Gasteiger partial charge in [-0.25, -0.2) is 4.39 Å². The quantitative estimate of drug-likeness (QED) is 0.524. The van der Waals surface area contributed by atoms with Gasteiger partial charge in [-0.3, -0.25) is 0 Å². The number of benzene rings is 1. The Hall–Kier alpha value is 0.381. The fourth-order valence-electron chi connectivity index (χ4n) is 1.02. The Kier molecular flexibility index (Phi) is 6.36. The molecule has 0 nitrogen and oxygen atoms in total. The van der Waals surface area contributed by atoms with Crippen molar-refractivity contribution in [3.05, 3.63) is 41.1 Å². The van der Waals surface area contributed by atoms with Crippen molar-refractivity contribution < 1.29 is 68.7 Å². The predicted molar refractivity (Wildman–Crippen MR) is 49.2 cm³/mol. The van der Waals surface area contributed by atoms with Gasteiger partial charge in [0.2, 0.25) is 0 Å². The Bertz CT molecular complexity index is 360. The van der Waals surface area contributed by atoms with E-state index in [0.29, 0.717) is 0 Å². The van der Waals surface area contributed by atoms with Crippen molar-refractivity contribution in [2.24, 2.45) is 0 Å². The van der Waals surface area contributed by atoms with Crippen molar-refractivity contribution >= 4 is 13.1 Å². The van der Waals surface area contributed by atoms with Gasteiger partial charge in [0.15, 0.2) is 0 Å². The van der Waals surface area contributed by atoms with E-state index in [2.05, 4.69) is 0 Å². The molecule has 0 aliphatic carbocycles. The summed E-state index contributed by atoms with van der Waals surface area (Å²) in [5.41, 5.74) is 0.480. The van der Waals surface area contributed by atoms with Gasteiger partial charge in [-0.2, -0.15) is 0 Å². The van der Waals surface area contributed by atoms with Crippen LogP contribution in [0.25, 0.3) is 6.08 Å². The van der Waals surface area contributed by atoms with Crippen LogP contribution >= 0.6 is 0 Å². The first kappa shape index (κ1) is 15.4. The molecule has 6 heteroatoms. The van der Waals surface area contributed by atoms with Crippen LogP contribution < -0.4 is 51.4 Å². The zero-order valence-electron chi connectivity index (χ0n) is 8.48. The Morgan fingerprint density at radius 2 is 1.80 bits per heavy atom. The molecule has 0 saturated carbocycles. The topological polar surface area (TPSA) is 0 Å². The van der Waals surface area contributed by atoms with Gasteiger partial charge in [-0.05, 0) is 24.1 Å². The summed E-state index contributed by atoms with van der Waals surface area (Å²) in [5, 5.41) is 0. The minimum atomic E-state index is -4.96. The summed E-state index contributed by atoms with van der Waals surface area (Å²) in [7, 11) is 0. The molecule has 15 heavy (non-hydrogen) atoms. The average Bonchev–Trinajstić information content (AvgIpc) is 2.06. The predicted octanol–water partition coefficient (Wildman–Crippen LogP) is 0.538. The second kappa shape index (κ2) is 6.20. The molecule has 0 fully saturated rings. The summed E-state index contributed by atoms with van der Waals surface area (Å²) in [6.07, 6.45) is 0.887. The Morgan fingerprint density at radius 1 is 1.20 bits per heavy atom. The second-order valence-corrected chi connectivity index (χ2v) is 2.94. The Labute approximate surface area is 128 Å². The molecule has 0 amide bonds. The van der Waals surface area contributed by atoms with Gasteiger partial charge in [-0.15, -0.1) is 5.98 Å². The monoisotopic (exact) mass is 242 g/mol. The molecule has 0 aliphatic heterocycles. The van der Waals surface area contributed by atoms with Gasteiger partial charge in [0.25, 0.3) is 0 Å². The number of rotatable bonds is 2. The van der Waals surface area contributed by atoms with Gasteiger partial charge in [0, 0.05) is 0 Å². The van der Waals surface area contributed by atoms with Crippen LogP contribution in [0.4, 0.5) is 17.3 Å². The Balaban J connectivity index is 0.00000196. The van der Waals surface area contributed by atoms with Gasteiger partial charge in [0.1, 0.15) is 5.82 Å². The molecule has 0 atom stereocenters. The third kappa shape index (κ3) is 5.31. The van der Waals surface area contributed by atoms with Crippen molar-refractivity contribution in [2.45, 2.75) is 6.92 Å². The van der Waals surface area contributed by atoms with E-state index in [-0.39, 0.29) is 68.5 Å². The molecular formula is C9H8BF4K. The third-order valence-corrected chi connectivity index (χ3v) is 1.80. The van der Waals surface area contributed by atoms with E-state index in [1.54, 1.807) is 0 Å². The van der Waals surface area contributed by atoms with Crippen LogP contribution in [0.2, 0.25) is 0 Å². The fraction of sp³-hybridized carbons (Fsp3) is 0.111. The molecular weight excluding hydrogens is 234 g/mol. The van der Waals surface area contributed by atoms with Crippen LogP contribution in [-0.2, 0) is 0 Å².